The molecule has 0 saturated carbocycles. The van der Waals surface area contributed by atoms with Crippen LogP contribution >= 0.6 is 0 Å². The third kappa shape index (κ3) is 8.50. The lowest BCUT2D eigenvalue weighted by atomic mass is 9.78. The molecule has 6 heteroatoms. The highest BCUT2D eigenvalue weighted by Crippen LogP contribution is 2.38. The Morgan fingerprint density at radius 2 is 1.56 bits per heavy atom. The molecule has 1 aliphatic rings. The Morgan fingerprint density at radius 3 is 2.00 bits per heavy atom. The summed E-state index contributed by atoms with van der Waals surface area (Å²) in [5.41, 5.74) is 0.0322. The lowest BCUT2D eigenvalue weighted by molar-refractivity contribution is -0.191. The largest absolute Gasteiger partial charge is 0.457 e. The normalized spacial score (nSPS) is 20.4. The molecule has 0 aromatic carbocycles. The zero-order valence-electron chi connectivity index (χ0n) is 17.4. The van der Waals surface area contributed by atoms with E-state index in [2.05, 4.69) is 53.8 Å². The molecule has 0 radical (unpaired) electrons. The summed E-state index contributed by atoms with van der Waals surface area (Å²) in [6, 6.07) is 0. The SMILES string of the molecule is CCCNCC(C)(CC)CCCCB1OC(C)(C)C(C)(C)O1.O=C=O. The van der Waals surface area contributed by atoms with Crippen LogP contribution in [-0.2, 0) is 18.9 Å². The van der Waals surface area contributed by atoms with Crippen molar-refractivity contribution in [1.29, 1.82) is 0 Å². The predicted molar refractivity (Wildman–Crippen MR) is 101 cm³/mol. The number of carbonyl (C=O) groups excluding carboxylic acids is 2. The summed E-state index contributed by atoms with van der Waals surface area (Å²) >= 11 is 0. The molecule has 0 aliphatic carbocycles. The maximum absolute atomic E-state index is 8.12. The summed E-state index contributed by atoms with van der Waals surface area (Å²) < 4.78 is 12.1. The van der Waals surface area contributed by atoms with Crippen molar-refractivity contribution in [3.63, 3.8) is 0 Å². The molecule has 0 aromatic heterocycles. The van der Waals surface area contributed by atoms with Crippen molar-refractivity contribution < 1.29 is 18.9 Å². The van der Waals surface area contributed by atoms with Crippen LogP contribution in [0, 0.1) is 5.41 Å². The van der Waals surface area contributed by atoms with Crippen LogP contribution in [0.1, 0.15) is 80.6 Å². The third-order valence-corrected chi connectivity index (χ3v) is 5.60. The highest BCUT2D eigenvalue weighted by molar-refractivity contribution is 6.45. The van der Waals surface area contributed by atoms with Crippen LogP contribution in [-0.4, -0.2) is 37.6 Å². The molecule has 1 unspecified atom stereocenters. The smallest absolute Gasteiger partial charge is 0.403 e. The van der Waals surface area contributed by atoms with Crippen LogP contribution in [0.15, 0.2) is 0 Å². The van der Waals surface area contributed by atoms with Crippen molar-refractivity contribution >= 4 is 13.3 Å². The van der Waals surface area contributed by atoms with Crippen molar-refractivity contribution in [3.8, 4) is 0 Å². The van der Waals surface area contributed by atoms with E-state index in [0.717, 1.165) is 19.4 Å². The van der Waals surface area contributed by atoms with E-state index in [4.69, 9.17) is 18.9 Å². The highest BCUT2D eigenvalue weighted by atomic mass is 16.7. The first-order valence-corrected chi connectivity index (χ1v) is 9.63. The van der Waals surface area contributed by atoms with Crippen LogP contribution < -0.4 is 5.32 Å². The standard InChI is InChI=1S/C18H38BNO2.CO2/c1-8-14-20-15-18(7,9-2)12-10-11-13-19-21-16(3,4)17(5,6)22-19;2-1-3/h20H,8-15H2,1-7H3;. The maximum atomic E-state index is 8.12. The fraction of sp³-hybridized carbons (Fsp3) is 0.947. The van der Waals surface area contributed by atoms with Gasteiger partial charge in [0.2, 0.25) is 0 Å². The van der Waals surface area contributed by atoms with Gasteiger partial charge in [-0.3, -0.25) is 0 Å². The molecule has 25 heavy (non-hydrogen) atoms. The zero-order chi connectivity index (χ0) is 19.6. The molecule has 5 nitrogen and oxygen atoms in total. The van der Waals surface area contributed by atoms with Crippen LogP contribution in [0.3, 0.4) is 0 Å². The van der Waals surface area contributed by atoms with E-state index in [1.165, 1.54) is 32.1 Å². The second-order valence-corrected chi connectivity index (χ2v) is 8.36. The minimum absolute atomic E-state index is 0.0314. The summed E-state index contributed by atoms with van der Waals surface area (Å²) in [5.74, 6) is 0. The summed E-state index contributed by atoms with van der Waals surface area (Å²) in [4.78, 5) is 16.2. The van der Waals surface area contributed by atoms with Crippen molar-refractivity contribution in [2.24, 2.45) is 5.41 Å². The van der Waals surface area contributed by atoms with Crippen LogP contribution in [0.25, 0.3) is 0 Å². The van der Waals surface area contributed by atoms with Crippen LogP contribution in [0.2, 0.25) is 6.32 Å². The summed E-state index contributed by atoms with van der Waals surface area (Å²) in [6.45, 7) is 17.7. The van der Waals surface area contributed by atoms with Crippen molar-refractivity contribution in [2.45, 2.75) is 98.1 Å². The fourth-order valence-corrected chi connectivity index (χ4v) is 2.90. The summed E-state index contributed by atoms with van der Waals surface area (Å²) in [7, 11) is -0.0314. The Hall–Kier alpha value is -0.675. The van der Waals surface area contributed by atoms with Crippen LogP contribution in [0.4, 0.5) is 0 Å². The molecule has 0 bridgehead atoms. The van der Waals surface area contributed by atoms with Crippen molar-refractivity contribution in [2.75, 3.05) is 13.1 Å². The third-order valence-electron chi connectivity index (χ3n) is 5.60. The van der Waals surface area contributed by atoms with Gasteiger partial charge in [-0.1, -0.05) is 33.6 Å². The van der Waals surface area contributed by atoms with Gasteiger partial charge >= 0.3 is 13.3 Å². The number of rotatable bonds is 10. The molecule has 1 atom stereocenters. The molecule has 1 saturated heterocycles. The maximum Gasteiger partial charge on any atom is 0.457 e. The van der Waals surface area contributed by atoms with E-state index in [0.29, 0.717) is 5.41 Å². The van der Waals surface area contributed by atoms with E-state index in [1.807, 2.05) is 0 Å². The number of hydrogen-bond acceptors (Lipinski definition) is 5. The van der Waals surface area contributed by atoms with Gasteiger partial charge in [-0.25, -0.2) is 0 Å². The van der Waals surface area contributed by atoms with Gasteiger partial charge in [0.15, 0.2) is 0 Å². The second kappa shape index (κ2) is 11.1. The fourth-order valence-electron chi connectivity index (χ4n) is 2.90. The van der Waals surface area contributed by atoms with Gasteiger partial charge < -0.3 is 14.6 Å². The van der Waals surface area contributed by atoms with E-state index in [1.54, 1.807) is 0 Å². The van der Waals surface area contributed by atoms with Crippen molar-refractivity contribution in [1.82, 2.24) is 5.32 Å². The molecule has 1 aliphatic heterocycles. The average Bonchev–Trinajstić information content (AvgIpc) is 2.72. The van der Waals surface area contributed by atoms with Gasteiger partial charge in [-0.2, -0.15) is 9.59 Å². The summed E-state index contributed by atoms with van der Waals surface area (Å²) in [5, 5.41) is 3.58. The topological polar surface area (TPSA) is 64.6 Å². The number of nitrogens with one attached hydrogen (secondary N) is 1. The Kier molecular flexibility index (Phi) is 10.8. The van der Waals surface area contributed by atoms with Gasteiger partial charge in [0.1, 0.15) is 0 Å². The van der Waals surface area contributed by atoms with E-state index < -0.39 is 0 Å². The van der Waals surface area contributed by atoms with Gasteiger partial charge in [0.05, 0.1) is 11.2 Å². The zero-order valence-corrected chi connectivity index (χ0v) is 17.4. The molecule has 1 fully saturated rings. The Bertz CT molecular complexity index is 392. The molecule has 1 N–H and O–H groups in total. The molecular weight excluding hydrogens is 317 g/mol. The van der Waals surface area contributed by atoms with Gasteiger partial charge in [-0.05, 0) is 65.2 Å². The molecular formula is C19H38BNO4. The first kappa shape index (κ1) is 24.3. The number of unbranched alkanes of at least 4 members (excludes halogenated alkanes) is 1. The lowest BCUT2D eigenvalue weighted by Crippen LogP contribution is -2.41. The van der Waals surface area contributed by atoms with E-state index in [9.17, 15) is 0 Å². The molecule has 0 spiro atoms. The van der Waals surface area contributed by atoms with E-state index >= 15 is 0 Å². The quantitative estimate of drug-likeness (QED) is 0.472. The molecule has 1 heterocycles. The van der Waals surface area contributed by atoms with Gasteiger partial charge in [0.25, 0.3) is 0 Å². The first-order valence-electron chi connectivity index (χ1n) is 9.63. The van der Waals surface area contributed by atoms with Crippen molar-refractivity contribution in [3.05, 3.63) is 0 Å². The molecule has 1 rings (SSSR count). The molecule has 0 amide bonds. The van der Waals surface area contributed by atoms with E-state index in [-0.39, 0.29) is 24.5 Å². The van der Waals surface area contributed by atoms with Crippen LogP contribution in [0.5, 0.6) is 0 Å². The van der Waals surface area contributed by atoms with Gasteiger partial charge in [-0.15, -0.1) is 0 Å². The predicted octanol–water partition coefficient (Wildman–Crippen LogP) is 4.08. The highest BCUT2D eigenvalue weighted by Gasteiger charge is 2.50. The minimum atomic E-state index is -0.195. The first-order chi connectivity index (χ1) is 11.6. The van der Waals surface area contributed by atoms with Gasteiger partial charge in [0, 0.05) is 6.54 Å². The summed E-state index contributed by atoms with van der Waals surface area (Å²) in [6.07, 6.45) is 7.42. The second-order valence-electron chi connectivity index (χ2n) is 8.36. The Balaban J connectivity index is 0.00000178. The lowest BCUT2D eigenvalue weighted by Gasteiger charge is -2.32. The molecule has 0 aromatic rings. The Morgan fingerprint density at radius 1 is 1.04 bits per heavy atom. The minimum Gasteiger partial charge on any atom is -0.403 e. The monoisotopic (exact) mass is 355 g/mol. The number of hydrogen-bond donors (Lipinski definition) is 1. The average molecular weight is 355 g/mol. The Labute approximate surface area is 154 Å². The molecule has 146 valence electrons.